The van der Waals surface area contributed by atoms with Crippen molar-refractivity contribution < 1.29 is 4.18 Å². The van der Waals surface area contributed by atoms with E-state index in [-0.39, 0.29) is 0 Å². The van der Waals surface area contributed by atoms with Crippen LogP contribution in [0.25, 0.3) is 10.8 Å². The van der Waals surface area contributed by atoms with Crippen molar-refractivity contribution in [2.45, 2.75) is 65.8 Å². The number of benzene rings is 2. The molecule has 1 aliphatic rings. The van der Waals surface area contributed by atoms with Crippen molar-refractivity contribution in [3.8, 4) is 6.01 Å². The molecule has 2 heterocycles. The lowest BCUT2D eigenvalue weighted by atomic mass is 10.0. The number of anilines is 2. The fourth-order valence-electron chi connectivity index (χ4n) is 5.01. The molecule has 0 fully saturated rings. The Bertz CT molecular complexity index is 1170. The molecule has 1 aromatic heterocycles. The van der Waals surface area contributed by atoms with Crippen LogP contribution >= 0.6 is 23.8 Å². The Morgan fingerprint density at radius 3 is 2.46 bits per heavy atom. The third-order valence-corrected chi connectivity index (χ3v) is 7.77. The van der Waals surface area contributed by atoms with Gasteiger partial charge in [-0.1, -0.05) is 69.5 Å². The van der Waals surface area contributed by atoms with Crippen LogP contribution in [0.3, 0.4) is 0 Å². The maximum atomic E-state index is 6.67. The molecule has 0 aliphatic carbocycles. The number of unbranched alkanes of at least 4 members (excludes halogenated alkanes) is 2. The maximum absolute atomic E-state index is 6.67. The molecule has 0 N–H and O–H groups in total. The van der Waals surface area contributed by atoms with E-state index in [2.05, 4.69) is 66.2 Å². The topological polar surface area (TPSA) is 44.7 Å². The standard InChI is InChI=1S/C29H40ClN5OS/c1-5-8-9-19-33(4)37-36-29-31-25-21-35(26-15-11-13-22-12-10-14-24(30)27(22)26)20-16-23(25)28(32-29)34(17-6-2)18-7-3/h10-15H,5-9,16-21H2,1-4H3. The number of hydrogen-bond acceptors (Lipinski definition) is 7. The van der Waals surface area contributed by atoms with Crippen LogP contribution < -0.4 is 14.0 Å². The predicted octanol–water partition coefficient (Wildman–Crippen LogP) is 7.54. The van der Waals surface area contributed by atoms with Gasteiger partial charge in [0.15, 0.2) is 12.2 Å². The van der Waals surface area contributed by atoms with Crippen LogP contribution in [0.15, 0.2) is 36.4 Å². The molecule has 3 aromatic rings. The highest BCUT2D eigenvalue weighted by atomic mass is 35.5. The van der Waals surface area contributed by atoms with Crippen molar-refractivity contribution in [2.75, 3.05) is 43.0 Å². The van der Waals surface area contributed by atoms with Gasteiger partial charge in [0.25, 0.3) is 0 Å². The molecule has 0 saturated heterocycles. The number of rotatable bonds is 13. The Balaban J connectivity index is 1.65. The summed E-state index contributed by atoms with van der Waals surface area (Å²) >= 11 is 8.01. The van der Waals surface area contributed by atoms with Gasteiger partial charge in [-0.3, -0.25) is 0 Å². The lowest BCUT2D eigenvalue weighted by molar-refractivity contribution is 0.473. The van der Waals surface area contributed by atoms with Crippen LogP contribution in [-0.4, -0.2) is 47.5 Å². The first kappa shape index (κ1) is 27.8. The Hall–Kier alpha value is -2.22. The first-order chi connectivity index (χ1) is 18.0. The van der Waals surface area contributed by atoms with Crippen molar-refractivity contribution in [1.29, 1.82) is 0 Å². The lowest BCUT2D eigenvalue weighted by Gasteiger charge is -2.34. The molecule has 0 spiro atoms. The largest absolute Gasteiger partial charge is 0.372 e. The van der Waals surface area contributed by atoms with Gasteiger partial charge in [0.1, 0.15) is 5.82 Å². The molecule has 37 heavy (non-hydrogen) atoms. The predicted molar refractivity (Wildman–Crippen MR) is 159 cm³/mol. The molecule has 4 rings (SSSR count). The Labute approximate surface area is 231 Å². The zero-order valence-corrected chi connectivity index (χ0v) is 24.2. The van der Waals surface area contributed by atoms with E-state index in [9.17, 15) is 0 Å². The zero-order valence-electron chi connectivity index (χ0n) is 22.7. The van der Waals surface area contributed by atoms with E-state index in [1.807, 2.05) is 12.1 Å². The van der Waals surface area contributed by atoms with Gasteiger partial charge in [-0.05, 0) is 43.2 Å². The molecule has 0 unspecified atom stereocenters. The van der Waals surface area contributed by atoms with Gasteiger partial charge in [-0.2, -0.15) is 9.97 Å². The second-order valence-electron chi connectivity index (χ2n) is 9.75. The average molecular weight is 542 g/mol. The number of fused-ring (bicyclic) bond motifs is 2. The molecule has 1 aliphatic heterocycles. The number of halogens is 1. The monoisotopic (exact) mass is 541 g/mol. The number of hydrogen-bond donors (Lipinski definition) is 0. The number of nitrogens with zero attached hydrogens (tertiary/aromatic N) is 5. The minimum absolute atomic E-state index is 0.441. The van der Waals surface area contributed by atoms with Gasteiger partial charge in [-0.25, -0.2) is 4.31 Å². The van der Waals surface area contributed by atoms with E-state index < -0.39 is 0 Å². The van der Waals surface area contributed by atoms with E-state index in [1.54, 1.807) is 0 Å². The fraction of sp³-hybridized carbons (Fsp3) is 0.517. The summed E-state index contributed by atoms with van der Waals surface area (Å²) in [5.74, 6) is 1.04. The molecule has 8 heteroatoms. The molecule has 200 valence electrons. The molecule has 0 radical (unpaired) electrons. The first-order valence-electron chi connectivity index (χ1n) is 13.7. The van der Waals surface area contributed by atoms with Crippen molar-refractivity contribution in [1.82, 2.24) is 14.3 Å². The minimum atomic E-state index is 0.441. The fourth-order valence-corrected chi connectivity index (χ4v) is 5.77. The summed E-state index contributed by atoms with van der Waals surface area (Å²) < 4.78 is 8.22. The minimum Gasteiger partial charge on any atom is -0.372 e. The van der Waals surface area contributed by atoms with Crippen LogP contribution in [0.1, 0.15) is 64.1 Å². The summed E-state index contributed by atoms with van der Waals surface area (Å²) in [7, 11) is 2.06. The summed E-state index contributed by atoms with van der Waals surface area (Å²) in [5, 5.41) is 3.04. The van der Waals surface area contributed by atoms with Gasteiger partial charge in [0.2, 0.25) is 0 Å². The highest BCUT2D eigenvalue weighted by Gasteiger charge is 2.27. The van der Waals surface area contributed by atoms with Crippen LogP contribution in [0, 0.1) is 0 Å². The normalized spacial score (nSPS) is 13.3. The van der Waals surface area contributed by atoms with E-state index in [0.717, 1.165) is 84.9 Å². The Morgan fingerprint density at radius 2 is 1.73 bits per heavy atom. The average Bonchev–Trinajstić information content (AvgIpc) is 2.91. The highest BCUT2D eigenvalue weighted by Crippen LogP contribution is 2.37. The van der Waals surface area contributed by atoms with Crippen molar-refractivity contribution in [3.63, 3.8) is 0 Å². The van der Waals surface area contributed by atoms with Crippen molar-refractivity contribution in [3.05, 3.63) is 52.7 Å². The number of aromatic nitrogens is 2. The Kier molecular flexibility index (Phi) is 10.2. The van der Waals surface area contributed by atoms with Gasteiger partial charge < -0.3 is 14.0 Å². The van der Waals surface area contributed by atoms with Crippen LogP contribution in [0.2, 0.25) is 5.02 Å². The van der Waals surface area contributed by atoms with Crippen molar-refractivity contribution >= 4 is 46.1 Å². The van der Waals surface area contributed by atoms with Gasteiger partial charge >= 0.3 is 6.01 Å². The molecule has 0 bridgehead atoms. The summed E-state index contributed by atoms with van der Waals surface area (Å²) in [6, 6.07) is 12.9. The summed E-state index contributed by atoms with van der Waals surface area (Å²) in [6.07, 6.45) is 6.62. The van der Waals surface area contributed by atoms with E-state index in [0.29, 0.717) is 12.6 Å². The van der Waals surface area contributed by atoms with E-state index >= 15 is 0 Å². The van der Waals surface area contributed by atoms with Crippen LogP contribution in [-0.2, 0) is 13.0 Å². The summed E-state index contributed by atoms with van der Waals surface area (Å²) in [5.41, 5.74) is 3.44. The molecule has 0 saturated carbocycles. The van der Waals surface area contributed by atoms with Gasteiger partial charge in [-0.15, -0.1) is 0 Å². The molecule has 0 atom stereocenters. The summed E-state index contributed by atoms with van der Waals surface area (Å²) in [6.45, 7) is 11.2. The highest BCUT2D eigenvalue weighted by molar-refractivity contribution is 7.92. The second-order valence-corrected chi connectivity index (χ2v) is 11.1. The molecular formula is C29H40ClN5OS. The maximum Gasteiger partial charge on any atom is 0.332 e. The van der Waals surface area contributed by atoms with Crippen LogP contribution in [0.5, 0.6) is 6.01 Å². The molecule has 6 nitrogen and oxygen atoms in total. The third-order valence-electron chi connectivity index (χ3n) is 6.80. The lowest BCUT2D eigenvalue weighted by Crippen LogP contribution is -2.35. The molecular weight excluding hydrogens is 502 g/mol. The zero-order chi connectivity index (χ0) is 26.2. The van der Waals surface area contributed by atoms with Gasteiger partial charge in [0.05, 0.1) is 17.3 Å². The summed E-state index contributed by atoms with van der Waals surface area (Å²) in [4.78, 5) is 14.7. The van der Waals surface area contributed by atoms with E-state index in [1.165, 1.54) is 30.6 Å². The Morgan fingerprint density at radius 1 is 0.973 bits per heavy atom. The van der Waals surface area contributed by atoms with E-state index in [4.69, 9.17) is 25.8 Å². The first-order valence-corrected chi connectivity index (χ1v) is 14.8. The molecule has 0 amide bonds. The third kappa shape index (κ3) is 6.81. The van der Waals surface area contributed by atoms with Crippen LogP contribution in [0.4, 0.5) is 11.5 Å². The molecule has 2 aromatic carbocycles. The van der Waals surface area contributed by atoms with Crippen molar-refractivity contribution in [2.24, 2.45) is 0 Å². The smallest absolute Gasteiger partial charge is 0.332 e. The second kappa shape index (κ2) is 13.5. The quantitative estimate of drug-likeness (QED) is 0.126. The SMILES string of the molecule is CCCCCN(C)SOc1nc2c(c(N(CCC)CCC)n1)CCN(c1cccc3cccc(Cl)c13)C2. The van der Waals surface area contributed by atoms with Gasteiger partial charge in [0, 0.05) is 49.9 Å².